The van der Waals surface area contributed by atoms with Gasteiger partial charge in [-0.2, -0.15) is 5.10 Å². The summed E-state index contributed by atoms with van der Waals surface area (Å²) in [5, 5.41) is 4.27. The third-order valence-corrected chi connectivity index (χ3v) is 2.64. The number of nitrogens with zero attached hydrogens (tertiary/aromatic N) is 1. The van der Waals surface area contributed by atoms with Gasteiger partial charge in [-0.3, -0.25) is 0 Å². The number of thioether (sulfide) groups is 1. The highest BCUT2D eigenvalue weighted by Gasteiger charge is 1.99. The molecule has 0 radical (unpaired) electrons. The third-order valence-electron chi connectivity index (χ3n) is 1.55. The predicted octanol–water partition coefficient (Wildman–Crippen LogP) is 1.64. The summed E-state index contributed by atoms with van der Waals surface area (Å²) >= 11 is 7.23. The van der Waals surface area contributed by atoms with E-state index in [4.69, 9.17) is 27.9 Å². The third kappa shape index (κ3) is 4.31. The minimum Gasteiger partial charge on any atom is -0.491 e. The Morgan fingerprint density at radius 2 is 2.20 bits per heavy atom. The topological polar surface area (TPSA) is 73.6 Å². The zero-order valence-electron chi connectivity index (χ0n) is 8.02. The molecule has 0 aliphatic rings. The van der Waals surface area contributed by atoms with Crippen molar-refractivity contribution in [3.8, 4) is 5.75 Å². The van der Waals surface area contributed by atoms with Crippen LogP contribution in [0, 0.1) is 0 Å². The zero-order chi connectivity index (χ0) is 11.1. The summed E-state index contributed by atoms with van der Waals surface area (Å²) in [4.78, 5) is 0. The van der Waals surface area contributed by atoms with Crippen LogP contribution in [-0.2, 0) is 0 Å². The highest BCUT2D eigenvalue weighted by atomic mass is 35.5. The molecule has 0 saturated heterocycles. The van der Waals surface area contributed by atoms with Gasteiger partial charge < -0.3 is 16.3 Å². The fourth-order valence-electron chi connectivity index (χ4n) is 0.897. The van der Waals surface area contributed by atoms with Gasteiger partial charge in [0.05, 0.1) is 11.6 Å². The maximum atomic E-state index is 5.89. The van der Waals surface area contributed by atoms with Crippen LogP contribution < -0.4 is 16.3 Å². The Hall–Kier alpha value is -1.07. The van der Waals surface area contributed by atoms with E-state index >= 15 is 0 Å². The monoisotopic (exact) mass is 245 g/mol. The summed E-state index contributed by atoms with van der Waals surface area (Å²) in [5.74, 6) is 6.32. The summed E-state index contributed by atoms with van der Waals surface area (Å²) in [5.41, 5.74) is 5.39. The molecule has 0 aliphatic heterocycles. The van der Waals surface area contributed by atoms with E-state index in [0.29, 0.717) is 28.3 Å². The Balaban J connectivity index is 2.29. The number of rotatable bonds is 4. The smallest absolute Gasteiger partial charge is 0.177 e. The lowest BCUT2D eigenvalue weighted by atomic mass is 10.3. The fourth-order valence-corrected chi connectivity index (χ4v) is 1.54. The number of ether oxygens (including phenoxy) is 1. The van der Waals surface area contributed by atoms with Gasteiger partial charge in [0.1, 0.15) is 5.75 Å². The van der Waals surface area contributed by atoms with Crippen molar-refractivity contribution in [3.63, 3.8) is 0 Å². The molecular weight excluding hydrogens is 234 g/mol. The molecule has 4 N–H and O–H groups in total. The van der Waals surface area contributed by atoms with Crippen LogP contribution in [0.4, 0.5) is 0 Å². The highest BCUT2D eigenvalue weighted by Crippen LogP contribution is 2.23. The second kappa shape index (κ2) is 6.42. The highest BCUT2D eigenvalue weighted by molar-refractivity contribution is 8.13. The van der Waals surface area contributed by atoms with Crippen LogP contribution in [0.5, 0.6) is 5.75 Å². The first kappa shape index (κ1) is 12.0. The molecule has 0 spiro atoms. The molecule has 4 nitrogen and oxygen atoms in total. The zero-order valence-corrected chi connectivity index (χ0v) is 9.59. The van der Waals surface area contributed by atoms with Crippen molar-refractivity contribution in [2.75, 3.05) is 12.4 Å². The van der Waals surface area contributed by atoms with E-state index in [-0.39, 0.29) is 0 Å². The Morgan fingerprint density at radius 1 is 1.47 bits per heavy atom. The normalized spacial score (nSPS) is 11.4. The van der Waals surface area contributed by atoms with Gasteiger partial charge in [0.15, 0.2) is 5.17 Å². The molecule has 82 valence electrons. The Kier molecular flexibility index (Phi) is 5.14. The number of benzene rings is 1. The van der Waals surface area contributed by atoms with E-state index in [1.807, 2.05) is 18.2 Å². The molecule has 1 aromatic rings. The minimum atomic E-state index is 0.345. The van der Waals surface area contributed by atoms with Crippen molar-refractivity contribution >= 4 is 28.5 Å². The first-order chi connectivity index (χ1) is 7.24. The number of hydrazone groups is 1. The molecule has 1 aromatic carbocycles. The van der Waals surface area contributed by atoms with Crippen LogP contribution in [0.1, 0.15) is 0 Å². The van der Waals surface area contributed by atoms with Gasteiger partial charge in [-0.05, 0) is 12.1 Å². The van der Waals surface area contributed by atoms with Crippen molar-refractivity contribution in [2.24, 2.45) is 16.7 Å². The molecule has 6 heteroatoms. The molecule has 0 heterocycles. The number of hydrogen-bond donors (Lipinski definition) is 2. The van der Waals surface area contributed by atoms with E-state index in [1.165, 1.54) is 11.8 Å². The van der Waals surface area contributed by atoms with Crippen LogP contribution in [0.15, 0.2) is 29.4 Å². The lowest BCUT2D eigenvalue weighted by molar-refractivity contribution is 0.344. The molecule has 15 heavy (non-hydrogen) atoms. The van der Waals surface area contributed by atoms with Crippen molar-refractivity contribution < 1.29 is 4.74 Å². The Bertz CT molecular complexity index is 346. The van der Waals surface area contributed by atoms with E-state index in [0.717, 1.165) is 0 Å². The number of para-hydroxylation sites is 1. The summed E-state index contributed by atoms with van der Waals surface area (Å²) < 4.78 is 5.43. The second-order valence-corrected chi connectivity index (χ2v) is 4.12. The predicted molar refractivity (Wildman–Crippen MR) is 65.2 cm³/mol. The summed E-state index contributed by atoms with van der Waals surface area (Å²) in [7, 11) is 0. The summed E-state index contributed by atoms with van der Waals surface area (Å²) in [6.45, 7) is 0.505. The quantitative estimate of drug-likeness (QED) is 0.278. The second-order valence-electron chi connectivity index (χ2n) is 2.59. The average Bonchev–Trinajstić information content (AvgIpc) is 2.26. The van der Waals surface area contributed by atoms with Gasteiger partial charge in [-0.25, -0.2) is 0 Å². The van der Waals surface area contributed by atoms with Crippen LogP contribution >= 0.6 is 23.4 Å². The molecule has 0 amide bonds. The first-order valence-electron chi connectivity index (χ1n) is 4.27. The summed E-state index contributed by atoms with van der Waals surface area (Å²) in [6, 6.07) is 7.31. The lowest BCUT2D eigenvalue weighted by Crippen LogP contribution is -2.12. The van der Waals surface area contributed by atoms with Crippen molar-refractivity contribution in [1.29, 1.82) is 0 Å². The molecule has 0 aliphatic carbocycles. The molecule has 1 rings (SSSR count). The molecule has 0 unspecified atom stereocenters. The van der Waals surface area contributed by atoms with Crippen LogP contribution in [-0.4, -0.2) is 17.5 Å². The maximum Gasteiger partial charge on any atom is 0.177 e. The minimum absolute atomic E-state index is 0.345. The van der Waals surface area contributed by atoms with Crippen LogP contribution in [0.25, 0.3) is 0 Å². The lowest BCUT2D eigenvalue weighted by Gasteiger charge is -2.06. The molecule has 0 saturated carbocycles. The van der Waals surface area contributed by atoms with E-state index in [9.17, 15) is 0 Å². The SMILES string of the molecule is NN=C(N)SCCOc1ccccc1Cl. The molecular formula is C9H12ClN3OS. The summed E-state index contributed by atoms with van der Waals surface area (Å²) in [6.07, 6.45) is 0. The number of nitrogens with two attached hydrogens (primary N) is 2. The molecule has 0 atom stereocenters. The van der Waals surface area contributed by atoms with Gasteiger partial charge >= 0.3 is 0 Å². The van der Waals surface area contributed by atoms with Crippen molar-refractivity contribution in [1.82, 2.24) is 0 Å². The average molecular weight is 246 g/mol. The van der Waals surface area contributed by atoms with Crippen LogP contribution in [0.2, 0.25) is 5.02 Å². The number of amidine groups is 1. The fraction of sp³-hybridized carbons (Fsp3) is 0.222. The van der Waals surface area contributed by atoms with Gasteiger partial charge in [0.2, 0.25) is 0 Å². The first-order valence-corrected chi connectivity index (χ1v) is 5.64. The maximum absolute atomic E-state index is 5.89. The van der Waals surface area contributed by atoms with E-state index < -0.39 is 0 Å². The molecule has 0 aromatic heterocycles. The van der Waals surface area contributed by atoms with Crippen molar-refractivity contribution in [3.05, 3.63) is 29.3 Å². The molecule has 0 fully saturated rings. The Morgan fingerprint density at radius 3 is 2.87 bits per heavy atom. The number of hydrogen-bond acceptors (Lipinski definition) is 4. The van der Waals surface area contributed by atoms with Gasteiger partial charge in [0.25, 0.3) is 0 Å². The number of halogens is 1. The van der Waals surface area contributed by atoms with Crippen LogP contribution in [0.3, 0.4) is 0 Å². The van der Waals surface area contributed by atoms with Gasteiger partial charge in [-0.1, -0.05) is 35.5 Å². The molecule has 0 bridgehead atoms. The standard InChI is InChI=1S/C9H12ClN3OS/c10-7-3-1-2-4-8(7)14-5-6-15-9(11)13-12/h1-4H,5-6,12H2,(H2,11,13). The Labute approximate surface area is 97.6 Å². The van der Waals surface area contributed by atoms with E-state index in [2.05, 4.69) is 5.10 Å². The van der Waals surface area contributed by atoms with Crippen molar-refractivity contribution in [2.45, 2.75) is 0 Å². The van der Waals surface area contributed by atoms with Gasteiger partial charge in [-0.15, -0.1) is 0 Å². The van der Waals surface area contributed by atoms with Gasteiger partial charge in [0, 0.05) is 5.75 Å². The van der Waals surface area contributed by atoms with E-state index in [1.54, 1.807) is 6.07 Å². The largest absolute Gasteiger partial charge is 0.491 e.